The Bertz CT molecular complexity index is 1150. The van der Waals surface area contributed by atoms with Gasteiger partial charge in [0.2, 0.25) is 5.91 Å². The smallest absolute Gasteiger partial charge is 0.328 e. The largest absolute Gasteiger partial charge is 0.383 e. The molecule has 3 amide bonds. The molecule has 0 bridgehead atoms. The number of carbonyl (C=O) groups excluding carboxylic acids is 3. The highest BCUT2D eigenvalue weighted by Gasteiger charge is 2.27. The molecule has 0 fully saturated rings. The molecule has 2 aromatic heterocycles. The van der Waals surface area contributed by atoms with E-state index in [1.54, 1.807) is 18.1 Å². The van der Waals surface area contributed by atoms with Crippen LogP contribution in [0.4, 0.5) is 22.1 Å². The topological polar surface area (TPSA) is 141 Å². The SMILES string of the molecule is CCN(Cc1cc2c(nc1C=O)N(C(=O)Nc1cc(NCCOC)c(C#N)cn1)CCC2)C(C)=O. The number of aldehydes is 1. The van der Waals surface area contributed by atoms with Crippen molar-refractivity contribution in [3.8, 4) is 6.07 Å². The number of urea groups is 1. The Hall–Kier alpha value is -4.04. The first kappa shape index (κ1) is 25.6. The second kappa shape index (κ2) is 11.9. The maximum absolute atomic E-state index is 13.1. The molecule has 1 aliphatic rings. The van der Waals surface area contributed by atoms with Crippen LogP contribution in [0.5, 0.6) is 0 Å². The van der Waals surface area contributed by atoms with E-state index < -0.39 is 6.03 Å². The fraction of sp³-hybridized carbons (Fsp3) is 0.417. The van der Waals surface area contributed by atoms with E-state index in [0.29, 0.717) is 61.6 Å². The van der Waals surface area contributed by atoms with E-state index in [1.807, 2.05) is 13.0 Å². The highest BCUT2D eigenvalue weighted by molar-refractivity contribution is 6.01. The van der Waals surface area contributed by atoms with Gasteiger partial charge in [-0.05, 0) is 31.4 Å². The number of methoxy groups -OCH3 is 1. The number of pyridine rings is 2. The van der Waals surface area contributed by atoms with Crippen LogP contribution in [0.25, 0.3) is 0 Å². The molecule has 2 N–H and O–H groups in total. The van der Waals surface area contributed by atoms with Crippen molar-refractivity contribution in [2.75, 3.05) is 48.9 Å². The maximum Gasteiger partial charge on any atom is 0.328 e. The number of nitriles is 1. The molecule has 3 rings (SSSR count). The molecule has 1 aliphatic heterocycles. The second-order valence-corrected chi connectivity index (χ2v) is 8.00. The fourth-order valence-electron chi connectivity index (χ4n) is 3.86. The lowest BCUT2D eigenvalue weighted by Gasteiger charge is -2.29. The summed E-state index contributed by atoms with van der Waals surface area (Å²) in [6.45, 7) is 5.51. The molecule has 0 radical (unpaired) electrons. The van der Waals surface area contributed by atoms with Crippen LogP contribution >= 0.6 is 0 Å². The summed E-state index contributed by atoms with van der Waals surface area (Å²) in [7, 11) is 1.58. The summed E-state index contributed by atoms with van der Waals surface area (Å²) in [6, 6.07) is 5.07. The van der Waals surface area contributed by atoms with Crippen molar-refractivity contribution in [2.24, 2.45) is 0 Å². The fourth-order valence-corrected chi connectivity index (χ4v) is 3.86. The predicted octanol–water partition coefficient (Wildman–Crippen LogP) is 2.57. The number of ether oxygens (including phenoxy) is 1. The Morgan fingerprint density at radius 1 is 1.37 bits per heavy atom. The van der Waals surface area contributed by atoms with Gasteiger partial charge in [-0.2, -0.15) is 5.26 Å². The molecule has 0 unspecified atom stereocenters. The maximum atomic E-state index is 13.1. The number of nitrogens with one attached hydrogen (secondary N) is 2. The third kappa shape index (κ3) is 6.10. The number of aryl methyl sites for hydroxylation is 1. The highest BCUT2D eigenvalue weighted by Crippen LogP contribution is 2.28. The molecule has 0 spiro atoms. The molecule has 0 saturated carbocycles. The van der Waals surface area contributed by atoms with Gasteiger partial charge in [0.15, 0.2) is 6.29 Å². The Kier molecular flexibility index (Phi) is 8.69. The predicted molar refractivity (Wildman–Crippen MR) is 130 cm³/mol. The van der Waals surface area contributed by atoms with Gasteiger partial charge in [-0.1, -0.05) is 0 Å². The zero-order valence-corrected chi connectivity index (χ0v) is 20.1. The number of hydrogen-bond donors (Lipinski definition) is 2. The van der Waals surface area contributed by atoms with Gasteiger partial charge in [0.25, 0.3) is 0 Å². The van der Waals surface area contributed by atoms with Crippen LogP contribution in [-0.4, -0.2) is 66.4 Å². The molecular formula is C24H29N7O4. The molecule has 0 aromatic carbocycles. The molecular weight excluding hydrogens is 450 g/mol. The standard InChI is InChI=1S/C24H29N7O4/c1-4-30(16(2)33)14-18-10-17-6-5-8-31(23(17)28-21(18)15-32)24(34)29-22-11-20(26-7-9-35-3)19(12-25)13-27-22/h10-11,13,15H,4-9,14H2,1-3H3,(H2,26,27,29,34). The Balaban J connectivity index is 1.84. The van der Waals surface area contributed by atoms with Crippen LogP contribution in [0.2, 0.25) is 0 Å². The zero-order chi connectivity index (χ0) is 25.4. The van der Waals surface area contributed by atoms with Crippen LogP contribution in [0.1, 0.15) is 47.4 Å². The lowest BCUT2D eigenvalue weighted by atomic mass is 10.0. The van der Waals surface area contributed by atoms with Crippen molar-refractivity contribution in [1.29, 1.82) is 5.26 Å². The quantitative estimate of drug-likeness (QED) is 0.413. The van der Waals surface area contributed by atoms with E-state index >= 15 is 0 Å². The summed E-state index contributed by atoms with van der Waals surface area (Å²) >= 11 is 0. The third-order valence-electron chi connectivity index (χ3n) is 5.70. The van der Waals surface area contributed by atoms with Gasteiger partial charge < -0.3 is 15.0 Å². The van der Waals surface area contributed by atoms with E-state index in [0.717, 1.165) is 12.0 Å². The number of anilines is 3. The molecule has 0 aliphatic carbocycles. The summed E-state index contributed by atoms with van der Waals surface area (Å²) < 4.78 is 5.02. The lowest BCUT2D eigenvalue weighted by molar-refractivity contribution is -0.129. The summed E-state index contributed by atoms with van der Waals surface area (Å²) in [5.74, 6) is 0.597. The minimum absolute atomic E-state index is 0.0888. The van der Waals surface area contributed by atoms with Crippen molar-refractivity contribution < 1.29 is 19.1 Å². The Morgan fingerprint density at radius 2 is 2.17 bits per heavy atom. The molecule has 0 atom stereocenters. The van der Waals surface area contributed by atoms with Gasteiger partial charge in [-0.3, -0.25) is 19.8 Å². The number of nitrogens with zero attached hydrogens (tertiary/aromatic N) is 5. The molecule has 35 heavy (non-hydrogen) atoms. The first-order chi connectivity index (χ1) is 16.9. The summed E-state index contributed by atoms with van der Waals surface area (Å²) in [4.78, 5) is 48.5. The molecule has 184 valence electrons. The molecule has 11 nitrogen and oxygen atoms in total. The van der Waals surface area contributed by atoms with Crippen LogP contribution in [0.15, 0.2) is 18.3 Å². The van der Waals surface area contributed by atoms with Crippen molar-refractivity contribution in [3.63, 3.8) is 0 Å². The first-order valence-electron chi connectivity index (χ1n) is 11.4. The van der Waals surface area contributed by atoms with Crippen molar-refractivity contribution in [1.82, 2.24) is 14.9 Å². The van der Waals surface area contributed by atoms with Gasteiger partial charge >= 0.3 is 6.03 Å². The van der Waals surface area contributed by atoms with Crippen LogP contribution in [0.3, 0.4) is 0 Å². The van der Waals surface area contributed by atoms with E-state index in [9.17, 15) is 19.6 Å². The van der Waals surface area contributed by atoms with Gasteiger partial charge in [-0.25, -0.2) is 14.8 Å². The highest BCUT2D eigenvalue weighted by atomic mass is 16.5. The number of amides is 3. The van der Waals surface area contributed by atoms with Gasteiger partial charge in [0.05, 0.1) is 17.9 Å². The van der Waals surface area contributed by atoms with Crippen LogP contribution < -0.4 is 15.5 Å². The molecule has 11 heteroatoms. The Morgan fingerprint density at radius 3 is 2.83 bits per heavy atom. The number of hydrogen-bond acceptors (Lipinski definition) is 8. The van der Waals surface area contributed by atoms with Crippen LogP contribution in [0, 0.1) is 11.3 Å². The average molecular weight is 480 g/mol. The van der Waals surface area contributed by atoms with E-state index in [2.05, 4.69) is 26.7 Å². The number of rotatable bonds is 9. The summed E-state index contributed by atoms with van der Waals surface area (Å²) in [6.07, 6.45) is 3.46. The van der Waals surface area contributed by atoms with E-state index in [1.165, 1.54) is 18.0 Å². The average Bonchev–Trinajstić information content (AvgIpc) is 2.86. The number of carbonyl (C=O) groups is 3. The summed E-state index contributed by atoms with van der Waals surface area (Å²) in [5.41, 5.74) is 2.56. The van der Waals surface area contributed by atoms with E-state index in [-0.39, 0.29) is 24.0 Å². The van der Waals surface area contributed by atoms with Gasteiger partial charge in [0, 0.05) is 58.0 Å². The van der Waals surface area contributed by atoms with Crippen molar-refractivity contribution >= 4 is 35.5 Å². The molecule has 2 aromatic rings. The normalized spacial score (nSPS) is 12.3. The second-order valence-electron chi connectivity index (χ2n) is 8.00. The minimum atomic E-state index is -0.443. The van der Waals surface area contributed by atoms with Crippen LogP contribution in [-0.2, 0) is 22.5 Å². The molecule has 3 heterocycles. The Labute approximate surface area is 204 Å². The van der Waals surface area contributed by atoms with Crippen molar-refractivity contribution in [3.05, 3.63) is 40.7 Å². The first-order valence-corrected chi connectivity index (χ1v) is 11.4. The molecule has 0 saturated heterocycles. The zero-order valence-electron chi connectivity index (χ0n) is 20.1. The third-order valence-corrected chi connectivity index (χ3v) is 5.70. The number of aromatic nitrogens is 2. The monoisotopic (exact) mass is 479 g/mol. The number of fused-ring (bicyclic) bond motifs is 1. The van der Waals surface area contributed by atoms with Gasteiger partial charge in [0.1, 0.15) is 23.4 Å². The van der Waals surface area contributed by atoms with E-state index in [4.69, 9.17) is 4.74 Å². The summed E-state index contributed by atoms with van der Waals surface area (Å²) in [5, 5.41) is 15.2. The van der Waals surface area contributed by atoms with Crippen molar-refractivity contribution in [2.45, 2.75) is 33.2 Å². The lowest BCUT2D eigenvalue weighted by Crippen LogP contribution is -2.40. The van der Waals surface area contributed by atoms with Gasteiger partial charge in [-0.15, -0.1) is 0 Å². The minimum Gasteiger partial charge on any atom is -0.383 e.